The number of sulfonamides is 1. The average Bonchev–Trinajstić information content (AvgIpc) is 2.38. The van der Waals surface area contributed by atoms with Gasteiger partial charge in [0.15, 0.2) is 0 Å². The molecule has 0 radical (unpaired) electrons. The van der Waals surface area contributed by atoms with Gasteiger partial charge in [0.2, 0.25) is 10.0 Å². The first kappa shape index (κ1) is 14.5. The zero-order chi connectivity index (χ0) is 14.0. The van der Waals surface area contributed by atoms with E-state index in [1.54, 1.807) is 6.07 Å². The molecule has 0 aliphatic carbocycles. The molecule has 102 valence electrons. The van der Waals surface area contributed by atoms with Crippen LogP contribution in [0.1, 0.15) is 18.4 Å². The van der Waals surface area contributed by atoms with Gasteiger partial charge < -0.3 is 5.73 Å². The third-order valence-corrected chi connectivity index (χ3v) is 5.36. The minimum Gasteiger partial charge on any atom is -0.327 e. The number of hydrogen-bond donors (Lipinski definition) is 1. The lowest BCUT2D eigenvalue weighted by Gasteiger charge is -2.29. The molecule has 2 N–H and O–H groups in total. The highest BCUT2D eigenvalue weighted by molar-refractivity contribution is 9.10. The molecule has 5 nitrogen and oxygen atoms in total. The van der Waals surface area contributed by atoms with Gasteiger partial charge in [0.05, 0.1) is 16.5 Å². The molecule has 2 rings (SSSR count). The summed E-state index contributed by atoms with van der Waals surface area (Å²) in [5.41, 5.74) is 6.13. The SMILES string of the molecule is N#Cc1cc(Br)cc(S(=O)(=O)N2CCCC(N)C2)c1. The van der Waals surface area contributed by atoms with Crippen molar-refractivity contribution in [3.8, 4) is 6.07 Å². The van der Waals surface area contributed by atoms with Crippen LogP contribution in [0.3, 0.4) is 0 Å². The van der Waals surface area contributed by atoms with Crippen LogP contribution in [-0.2, 0) is 10.0 Å². The number of nitriles is 1. The molecule has 1 aromatic carbocycles. The van der Waals surface area contributed by atoms with Gasteiger partial charge >= 0.3 is 0 Å². The van der Waals surface area contributed by atoms with Crippen molar-refractivity contribution in [2.45, 2.75) is 23.8 Å². The molecule has 0 amide bonds. The molecule has 1 saturated heterocycles. The summed E-state index contributed by atoms with van der Waals surface area (Å²) < 4.78 is 27.0. The van der Waals surface area contributed by atoms with E-state index in [0.717, 1.165) is 12.8 Å². The minimum absolute atomic E-state index is 0.119. The van der Waals surface area contributed by atoms with Crippen LogP contribution < -0.4 is 5.73 Å². The van der Waals surface area contributed by atoms with E-state index < -0.39 is 10.0 Å². The van der Waals surface area contributed by atoms with Crippen LogP contribution in [0.25, 0.3) is 0 Å². The first-order valence-electron chi connectivity index (χ1n) is 5.90. The Kier molecular flexibility index (Phi) is 4.26. The van der Waals surface area contributed by atoms with Crippen LogP contribution in [-0.4, -0.2) is 31.9 Å². The molecular formula is C12H14BrN3O2S. The van der Waals surface area contributed by atoms with Gasteiger partial charge in [-0.2, -0.15) is 9.57 Å². The van der Waals surface area contributed by atoms with E-state index >= 15 is 0 Å². The van der Waals surface area contributed by atoms with E-state index in [-0.39, 0.29) is 10.9 Å². The van der Waals surface area contributed by atoms with Crippen LogP contribution in [0, 0.1) is 11.3 Å². The Hall–Kier alpha value is -0.940. The lowest BCUT2D eigenvalue weighted by molar-refractivity contribution is 0.316. The maximum Gasteiger partial charge on any atom is 0.243 e. The summed E-state index contributed by atoms with van der Waals surface area (Å²) in [6.45, 7) is 0.807. The first-order chi connectivity index (χ1) is 8.93. The van der Waals surface area contributed by atoms with Gasteiger partial charge in [-0.05, 0) is 31.0 Å². The second kappa shape index (κ2) is 5.59. The molecule has 1 aromatic rings. The van der Waals surface area contributed by atoms with Crippen LogP contribution in [0.5, 0.6) is 0 Å². The number of nitrogens with two attached hydrogens (primary N) is 1. The monoisotopic (exact) mass is 343 g/mol. The van der Waals surface area contributed by atoms with Crippen molar-refractivity contribution < 1.29 is 8.42 Å². The highest BCUT2D eigenvalue weighted by atomic mass is 79.9. The van der Waals surface area contributed by atoms with Crippen molar-refractivity contribution in [2.24, 2.45) is 5.73 Å². The summed E-state index contributed by atoms with van der Waals surface area (Å²) in [6.07, 6.45) is 1.60. The number of rotatable bonds is 2. The maximum absolute atomic E-state index is 12.5. The maximum atomic E-state index is 12.5. The standard InChI is InChI=1S/C12H14BrN3O2S/c13-10-4-9(7-14)5-12(6-10)19(17,18)16-3-1-2-11(15)8-16/h4-6,11H,1-3,8,15H2. The Bertz CT molecular complexity index is 624. The quantitative estimate of drug-likeness (QED) is 0.879. The average molecular weight is 344 g/mol. The molecule has 1 heterocycles. The van der Waals surface area contributed by atoms with E-state index in [4.69, 9.17) is 11.0 Å². The summed E-state index contributed by atoms with van der Waals surface area (Å²) in [6, 6.07) is 6.32. The number of piperidine rings is 1. The van der Waals surface area contributed by atoms with Gasteiger partial charge in [0, 0.05) is 23.6 Å². The normalized spacial score (nSPS) is 21.0. The summed E-state index contributed by atoms with van der Waals surface area (Å²) in [4.78, 5) is 0.132. The van der Waals surface area contributed by atoms with E-state index in [9.17, 15) is 8.42 Å². The summed E-state index contributed by atoms with van der Waals surface area (Å²) in [7, 11) is -3.58. The third kappa shape index (κ3) is 3.15. The Morgan fingerprint density at radius 1 is 1.42 bits per heavy atom. The van der Waals surface area contributed by atoms with Gasteiger partial charge in [-0.3, -0.25) is 0 Å². The molecule has 0 aromatic heterocycles. The highest BCUT2D eigenvalue weighted by Crippen LogP contribution is 2.24. The van der Waals surface area contributed by atoms with E-state index in [1.165, 1.54) is 16.4 Å². The van der Waals surface area contributed by atoms with Crippen molar-refractivity contribution >= 4 is 26.0 Å². The lowest BCUT2D eigenvalue weighted by atomic mass is 10.1. The second-order valence-corrected chi connectivity index (χ2v) is 7.41. The molecule has 1 atom stereocenters. The largest absolute Gasteiger partial charge is 0.327 e. The van der Waals surface area contributed by atoms with Crippen molar-refractivity contribution in [3.63, 3.8) is 0 Å². The fourth-order valence-corrected chi connectivity index (χ4v) is 4.37. The molecule has 1 fully saturated rings. The Labute approximate surface area is 121 Å². The van der Waals surface area contributed by atoms with Gasteiger partial charge in [0.25, 0.3) is 0 Å². The Morgan fingerprint density at radius 3 is 2.79 bits per heavy atom. The summed E-state index contributed by atoms with van der Waals surface area (Å²) >= 11 is 3.22. The number of halogens is 1. The van der Waals surface area contributed by atoms with Crippen LogP contribution in [0.15, 0.2) is 27.6 Å². The number of benzene rings is 1. The zero-order valence-corrected chi connectivity index (χ0v) is 12.6. The fourth-order valence-electron chi connectivity index (χ4n) is 2.12. The van der Waals surface area contributed by atoms with E-state index in [1.807, 2.05) is 6.07 Å². The zero-order valence-electron chi connectivity index (χ0n) is 10.2. The van der Waals surface area contributed by atoms with E-state index in [2.05, 4.69) is 15.9 Å². The van der Waals surface area contributed by atoms with Crippen molar-refractivity contribution in [1.82, 2.24) is 4.31 Å². The first-order valence-corrected chi connectivity index (χ1v) is 8.13. The molecule has 1 aliphatic heterocycles. The summed E-state index contributed by atoms with van der Waals surface area (Å²) in [5.74, 6) is 0. The molecule has 19 heavy (non-hydrogen) atoms. The third-order valence-electron chi connectivity index (χ3n) is 3.06. The number of hydrogen-bond acceptors (Lipinski definition) is 4. The predicted octanol–water partition coefficient (Wildman–Crippen LogP) is 1.43. The Morgan fingerprint density at radius 2 is 2.16 bits per heavy atom. The van der Waals surface area contributed by atoms with Crippen molar-refractivity contribution in [1.29, 1.82) is 5.26 Å². The van der Waals surface area contributed by atoms with Crippen molar-refractivity contribution in [3.05, 3.63) is 28.2 Å². The smallest absolute Gasteiger partial charge is 0.243 e. The molecule has 7 heteroatoms. The van der Waals surface area contributed by atoms with Crippen LogP contribution in [0.4, 0.5) is 0 Å². The topological polar surface area (TPSA) is 87.2 Å². The molecular weight excluding hydrogens is 330 g/mol. The van der Waals surface area contributed by atoms with Crippen LogP contribution in [0.2, 0.25) is 0 Å². The minimum atomic E-state index is -3.58. The molecule has 1 aliphatic rings. The number of nitrogens with zero attached hydrogens (tertiary/aromatic N) is 2. The van der Waals surface area contributed by atoms with Crippen molar-refractivity contribution in [2.75, 3.05) is 13.1 Å². The molecule has 0 bridgehead atoms. The molecule has 1 unspecified atom stereocenters. The second-order valence-electron chi connectivity index (χ2n) is 4.55. The predicted molar refractivity (Wildman–Crippen MR) is 74.8 cm³/mol. The van der Waals surface area contributed by atoms with Crippen LogP contribution >= 0.6 is 15.9 Å². The molecule has 0 spiro atoms. The lowest BCUT2D eigenvalue weighted by Crippen LogP contribution is -2.45. The molecule has 0 saturated carbocycles. The van der Waals surface area contributed by atoms with E-state index in [0.29, 0.717) is 23.1 Å². The van der Waals surface area contributed by atoms with Gasteiger partial charge in [0.1, 0.15) is 0 Å². The van der Waals surface area contributed by atoms with Gasteiger partial charge in [-0.25, -0.2) is 8.42 Å². The fraction of sp³-hybridized carbons (Fsp3) is 0.417. The van der Waals surface area contributed by atoms with Gasteiger partial charge in [-0.15, -0.1) is 0 Å². The Balaban J connectivity index is 2.39. The van der Waals surface area contributed by atoms with Gasteiger partial charge in [-0.1, -0.05) is 15.9 Å². The highest BCUT2D eigenvalue weighted by Gasteiger charge is 2.29. The summed E-state index contributed by atoms with van der Waals surface area (Å²) in [5, 5.41) is 8.91.